The summed E-state index contributed by atoms with van der Waals surface area (Å²) < 4.78 is 17.3. The van der Waals surface area contributed by atoms with Gasteiger partial charge in [0.25, 0.3) is 0 Å². The van der Waals surface area contributed by atoms with Crippen LogP contribution in [-0.4, -0.2) is 34.1 Å². The van der Waals surface area contributed by atoms with Crippen LogP contribution < -0.4 is 0 Å². The highest BCUT2D eigenvalue weighted by atomic mass is 16.8. The summed E-state index contributed by atoms with van der Waals surface area (Å²) in [5, 5.41) is 0. The number of benzene rings is 1. The smallest absolute Gasteiger partial charge is 0.431 e. The second-order valence-corrected chi connectivity index (χ2v) is 6.25. The van der Waals surface area contributed by atoms with E-state index in [4.69, 9.17) is 14.2 Å². The number of rotatable bonds is 4. The minimum absolute atomic E-state index is 0.104. The van der Waals surface area contributed by atoms with Crippen LogP contribution >= 0.6 is 0 Å². The van der Waals surface area contributed by atoms with Crippen LogP contribution in [-0.2, 0) is 21.3 Å². The molecule has 7 nitrogen and oxygen atoms in total. The van der Waals surface area contributed by atoms with Gasteiger partial charge < -0.3 is 18.8 Å². The first-order valence-corrected chi connectivity index (χ1v) is 8.53. The molecule has 1 aromatic carbocycles. The van der Waals surface area contributed by atoms with Crippen molar-refractivity contribution in [1.29, 1.82) is 0 Å². The summed E-state index contributed by atoms with van der Waals surface area (Å²) in [6.45, 7) is 1.49. The maximum absolute atomic E-state index is 12.4. The third-order valence-corrected chi connectivity index (χ3v) is 4.31. The lowest BCUT2D eigenvalue weighted by Gasteiger charge is -2.22. The van der Waals surface area contributed by atoms with E-state index in [1.54, 1.807) is 30.1 Å². The normalized spacial score (nSPS) is 16.4. The third kappa shape index (κ3) is 4.10. The molecule has 1 saturated carbocycles. The van der Waals surface area contributed by atoms with E-state index < -0.39 is 18.4 Å². The maximum atomic E-state index is 12.4. The highest BCUT2D eigenvalue weighted by Gasteiger charge is 2.23. The van der Waals surface area contributed by atoms with Crippen molar-refractivity contribution in [3.8, 4) is 0 Å². The van der Waals surface area contributed by atoms with E-state index in [1.165, 1.54) is 13.3 Å². The molecule has 1 heterocycles. The average Bonchev–Trinajstić information content (AvgIpc) is 2.97. The Morgan fingerprint density at radius 3 is 2.72 bits per heavy atom. The van der Waals surface area contributed by atoms with Gasteiger partial charge in [0.1, 0.15) is 6.10 Å². The highest BCUT2D eigenvalue weighted by Crippen LogP contribution is 2.21. The van der Waals surface area contributed by atoms with Crippen molar-refractivity contribution >= 4 is 23.2 Å². The molecule has 0 N–H and O–H groups in total. The first-order valence-electron chi connectivity index (χ1n) is 8.53. The zero-order valence-electron chi connectivity index (χ0n) is 14.4. The SMILES string of the molecule is CC(OC(=O)OC1CCCCC1)OC(=O)c1cccc2ncn(C)c12. The molecule has 7 heteroatoms. The monoisotopic (exact) mass is 346 g/mol. The van der Waals surface area contributed by atoms with Gasteiger partial charge in [-0.2, -0.15) is 0 Å². The van der Waals surface area contributed by atoms with E-state index in [0.717, 1.165) is 25.7 Å². The van der Waals surface area contributed by atoms with Crippen molar-refractivity contribution in [3.63, 3.8) is 0 Å². The largest absolute Gasteiger partial charge is 0.511 e. The van der Waals surface area contributed by atoms with E-state index in [2.05, 4.69) is 4.98 Å². The van der Waals surface area contributed by atoms with Crippen LogP contribution in [0.25, 0.3) is 11.0 Å². The minimum atomic E-state index is -1.04. The van der Waals surface area contributed by atoms with Crippen LogP contribution in [0.15, 0.2) is 24.5 Å². The molecule has 1 aliphatic rings. The molecule has 0 radical (unpaired) electrons. The van der Waals surface area contributed by atoms with E-state index in [-0.39, 0.29) is 6.10 Å². The second-order valence-electron chi connectivity index (χ2n) is 6.25. The fourth-order valence-corrected chi connectivity index (χ4v) is 3.10. The molecule has 1 aliphatic carbocycles. The van der Waals surface area contributed by atoms with Gasteiger partial charge in [-0.1, -0.05) is 12.5 Å². The summed E-state index contributed by atoms with van der Waals surface area (Å²) in [6.07, 6.45) is 4.67. The van der Waals surface area contributed by atoms with Crippen molar-refractivity contribution < 1.29 is 23.8 Å². The number of ether oxygens (including phenoxy) is 3. The van der Waals surface area contributed by atoms with Crippen molar-refractivity contribution in [2.45, 2.75) is 51.4 Å². The van der Waals surface area contributed by atoms with Gasteiger partial charge in [0.15, 0.2) is 0 Å². The Kier molecular flexibility index (Phi) is 5.21. The first-order chi connectivity index (χ1) is 12.0. The molecule has 0 saturated heterocycles. The summed E-state index contributed by atoms with van der Waals surface area (Å²) in [6, 6.07) is 5.20. The topological polar surface area (TPSA) is 79.7 Å². The first kappa shape index (κ1) is 17.3. The number of aromatic nitrogens is 2. The molecular weight excluding hydrogens is 324 g/mol. The zero-order valence-corrected chi connectivity index (χ0v) is 14.4. The fourth-order valence-electron chi connectivity index (χ4n) is 3.10. The fraction of sp³-hybridized carbons (Fsp3) is 0.500. The zero-order chi connectivity index (χ0) is 17.8. The number of aryl methyl sites for hydroxylation is 1. The molecule has 2 aromatic rings. The lowest BCUT2D eigenvalue weighted by Crippen LogP contribution is -2.26. The molecule has 0 aliphatic heterocycles. The average molecular weight is 346 g/mol. The quantitative estimate of drug-likeness (QED) is 0.622. The summed E-state index contributed by atoms with van der Waals surface area (Å²) in [4.78, 5) is 28.4. The Bertz CT molecular complexity index is 764. The Balaban J connectivity index is 1.58. The third-order valence-electron chi connectivity index (χ3n) is 4.31. The molecule has 1 aromatic heterocycles. The molecule has 0 amide bonds. The van der Waals surface area contributed by atoms with Crippen LogP contribution in [0.5, 0.6) is 0 Å². The summed E-state index contributed by atoms with van der Waals surface area (Å²) in [5.74, 6) is -0.577. The summed E-state index contributed by atoms with van der Waals surface area (Å²) in [5.41, 5.74) is 1.74. The number of fused-ring (bicyclic) bond motifs is 1. The van der Waals surface area contributed by atoms with Gasteiger partial charge >= 0.3 is 12.1 Å². The summed E-state index contributed by atoms with van der Waals surface area (Å²) >= 11 is 0. The molecule has 0 spiro atoms. The van der Waals surface area contributed by atoms with Gasteiger partial charge in [0.05, 0.1) is 22.9 Å². The van der Waals surface area contributed by atoms with Crippen molar-refractivity contribution in [2.24, 2.45) is 7.05 Å². The van der Waals surface area contributed by atoms with E-state index in [0.29, 0.717) is 16.6 Å². The Morgan fingerprint density at radius 1 is 1.20 bits per heavy atom. The lowest BCUT2D eigenvalue weighted by atomic mass is 9.98. The predicted molar refractivity (Wildman–Crippen MR) is 90.0 cm³/mol. The molecule has 1 fully saturated rings. The number of hydrogen-bond donors (Lipinski definition) is 0. The Labute approximate surface area is 145 Å². The van der Waals surface area contributed by atoms with Gasteiger partial charge in [-0.05, 0) is 37.8 Å². The van der Waals surface area contributed by atoms with Gasteiger partial charge in [-0.25, -0.2) is 14.6 Å². The number of carbonyl (C=O) groups is 2. The van der Waals surface area contributed by atoms with Gasteiger partial charge in [-0.3, -0.25) is 0 Å². The van der Waals surface area contributed by atoms with Crippen LogP contribution in [0, 0.1) is 0 Å². The van der Waals surface area contributed by atoms with E-state index in [9.17, 15) is 9.59 Å². The van der Waals surface area contributed by atoms with Crippen LogP contribution in [0.3, 0.4) is 0 Å². The molecule has 3 rings (SSSR count). The van der Waals surface area contributed by atoms with Gasteiger partial charge in [-0.15, -0.1) is 0 Å². The molecule has 1 unspecified atom stereocenters. The number of para-hydroxylation sites is 1. The van der Waals surface area contributed by atoms with Crippen LogP contribution in [0.1, 0.15) is 49.4 Å². The highest BCUT2D eigenvalue weighted by molar-refractivity contribution is 6.02. The van der Waals surface area contributed by atoms with E-state index >= 15 is 0 Å². The molecule has 0 bridgehead atoms. The minimum Gasteiger partial charge on any atom is -0.431 e. The van der Waals surface area contributed by atoms with Crippen LogP contribution in [0.4, 0.5) is 4.79 Å². The van der Waals surface area contributed by atoms with Crippen LogP contribution in [0.2, 0.25) is 0 Å². The molecule has 1 atom stereocenters. The van der Waals surface area contributed by atoms with Crippen molar-refractivity contribution in [3.05, 3.63) is 30.1 Å². The Hall–Kier alpha value is -2.57. The number of esters is 1. The maximum Gasteiger partial charge on any atom is 0.511 e. The number of imidazole rings is 1. The number of hydrogen-bond acceptors (Lipinski definition) is 6. The molecule has 25 heavy (non-hydrogen) atoms. The lowest BCUT2D eigenvalue weighted by molar-refractivity contribution is -0.0914. The van der Waals surface area contributed by atoms with Gasteiger partial charge in [0, 0.05) is 14.0 Å². The molecule has 134 valence electrons. The summed E-state index contributed by atoms with van der Waals surface area (Å²) in [7, 11) is 1.80. The standard InChI is InChI=1S/C18H22N2O5/c1-12(24-18(22)25-13-7-4-3-5-8-13)23-17(21)14-9-6-10-15-16(14)20(2)11-19-15/h6,9-13H,3-5,7-8H2,1-2H3. The second kappa shape index (κ2) is 7.55. The van der Waals surface area contributed by atoms with Crippen molar-refractivity contribution in [1.82, 2.24) is 9.55 Å². The predicted octanol–water partition coefficient (Wildman–Crippen LogP) is 3.56. The number of nitrogens with zero attached hydrogens (tertiary/aromatic N) is 2. The number of carbonyl (C=O) groups excluding carboxylic acids is 2. The van der Waals surface area contributed by atoms with Gasteiger partial charge in [0.2, 0.25) is 6.29 Å². The Morgan fingerprint density at radius 2 is 1.96 bits per heavy atom. The molecular formula is C18H22N2O5. The van der Waals surface area contributed by atoms with Crippen molar-refractivity contribution in [2.75, 3.05) is 0 Å². The van der Waals surface area contributed by atoms with E-state index in [1.807, 2.05) is 6.07 Å².